The fourth-order valence-electron chi connectivity index (χ4n) is 2.12. The Labute approximate surface area is 117 Å². The van der Waals surface area contributed by atoms with Crippen LogP contribution >= 0.6 is 0 Å². The largest absolute Gasteiger partial charge is 0.479 e. The number of aryl methyl sites for hydroxylation is 1. The highest BCUT2D eigenvalue weighted by Gasteiger charge is 2.30. The lowest BCUT2D eigenvalue weighted by molar-refractivity contribution is -0.154. The molecule has 0 spiro atoms. The number of aromatic nitrogens is 2. The Morgan fingerprint density at radius 2 is 2.20 bits per heavy atom. The first kappa shape index (κ1) is 14.5. The van der Waals surface area contributed by atoms with Gasteiger partial charge < -0.3 is 14.7 Å². The Morgan fingerprint density at radius 3 is 2.75 bits per heavy atom. The van der Waals surface area contributed by atoms with Crippen LogP contribution in [0.25, 0.3) is 0 Å². The van der Waals surface area contributed by atoms with Gasteiger partial charge in [0.15, 0.2) is 6.10 Å². The molecule has 0 aromatic carbocycles. The molecule has 20 heavy (non-hydrogen) atoms. The predicted molar refractivity (Wildman–Crippen MR) is 70.6 cm³/mol. The van der Waals surface area contributed by atoms with Crippen LogP contribution in [0.5, 0.6) is 0 Å². The Morgan fingerprint density at radius 1 is 1.50 bits per heavy atom. The summed E-state index contributed by atoms with van der Waals surface area (Å²) in [5, 5.41) is 13.3. The number of ether oxygens (including phenoxy) is 1. The van der Waals surface area contributed by atoms with E-state index in [0.717, 1.165) is 5.69 Å². The van der Waals surface area contributed by atoms with Gasteiger partial charge >= 0.3 is 5.97 Å². The van der Waals surface area contributed by atoms with E-state index in [9.17, 15) is 9.59 Å². The number of amides is 1. The average molecular weight is 281 g/mol. The van der Waals surface area contributed by atoms with E-state index in [0.29, 0.717) is 12.2 Å². The molecule has 1 aromatic heterocycles. The van der Waals surface area contributed by atoms with Crippen molar-refractivity contribution >= 4 is 11.9 Å². The van der Waals surface area contributed by atoms with E-state index in [1.165, 1.54) is 4.90 Å². The van der Waals surface area contributed by atoms with Crippen molar-refractivity contribution in [1.29, 1.82) is 0 Å². The summed E-state index contributed by atoms with van der Waals surface area (Å²) >= 11 is 0. The van der Waals surface area contributed by atoms with Gasteiger partial charge in [-0.2, -0.15) is 5.10 Å². The molecule has 1 aromatic rings. The van der Waals surface area contributed by atoms with Crippen molar-refractivity contribution in [2.75, 3.05) is 19.7 Å². The number of carboxylic acid groups (broad SMARTS) is 1. The SMILES string of the molecule is CC(C)c1cc(C(=O)N2CCO[C@H](C(=O)O)C2)n(C)n1. The summed E-state index contributed by atoms with van der Waals surface area (Å²) in [6, 6.07) is 1.76. The molecule has 7 nitrogen and oxygen atoms in total. The van der Waals surface area contributed by atoms with Gasteiger partial charge in [0.05, 0.1) is 18.8 Å². The smallest absolute Gasteiger partial charge is 0.334 e. The van der Waals surface area contributed by atoms with Crippen LogP contribution in [0.2, 0.25) is 0 Å². The maximum Gasteiger partial charge on any atom is 0.334 e. The lowest BCUT2D eigenvalue weighted by atomic mass is 10.1. The predicted octanol–water partition coefficient (Wildman–Crippen LogP) is 0.469. The van der Waals surface area contributed by atoms with E-state index in [4.69, 9.17) is 9.84 Å². The van der Waals surface area contributed by atoms with Crippen molar-refractivity contribution < 1.29 is 19.4 Å². The molecule has 1 N–H and O–H groups in total. The van der Waals surface area contributed by atoms with Crippen molar-refractivity contribution in [2.45, 2.75) is 25.9 Å². The molecule has 0 bridgehead atoms. The van der Waals surface area contributed by atoms with Gasteiger partial charge in [-0.15, -0.1) is 0 Å². The van der Waals surface area contributed by atoms with E-state index >= 15 is 0 Å². The minimum Gasteiger partial charge on any atom is -0.479 e. The fraction of sp³-hybridized carbons (Fsp3) is 0.615. The van der Waals surface area contributed by atoms with Gasteiger partial charge in [-0.3, -0.25) is 9.48 Å². The first-order valence-electron chi connectivity index (χ1n) is 6.57. The highest BCUT2D eigenvalue weighted by Crippen LogP contribution is 2.16. The van der Waals surface area contributed by atoms with E-state index in [1.54, 1.807) is 17.8 Å². The molecule has 1 atom stereocenters. The zero-order chi connectivity index (χ0) is 14.9. The average Bonchev–Trinajstić information content (AvgIpc) is 2.80. The van der Waals surface area contributed by atoms with Crippen LogP contribution in [0, 0.1) is 0 Å². The summed E-state index contributed by atoms with van der Waals surface area (Å²) in [5.74, 6) is -1.02. The number of rotatable bonds is 3. The molecule has 0 aliphatic carbocycles. The van der Waals surface area contributed by atoms with Crippen molar-refractivity contribution in [3.8, 4) is 0 Å². The summed E-state index contributed by atoms with van der Waals surface area (Å²) in [4.78, 5) is 24.9. The molecule has 0 saturated carbocycles. The first-order valence-corrected chi connectivity index (χ1v) is 6.57. The van der Waals surface area contributed by atoms with Gasteiger partial charge in [0.1, 0.15) is 5.69 Å². The minimum atomic E-state index is -1.05. The Kier molecular flexibility index (Phi) is 4.08. The molecule has 0 unspecified atom stereocenters. The van der Waals surface area contributed by atoms with E-state index < -0.39 is 12.1 Å². The second kappa shape index (κ2) is 5.62. The number of carbonyl (C=O) groups is 2. The number of hydrogen-bond acceptors (Lipinski definition) is 4. The standard InChI is InChI=1S/C13H19N3O4/c1-8(2)9-6-10(15(3)14-9)12(17)16-4-5-20-11(7-16)13(18)19/h6,8,11H,4-5,7H2,1-3H3,(H,18,19)/t11-/m0/s1. The van der Waals surface area contributed by atoms with Crippen molar-refractivity contribution in [2.24, 2.45) is 7.05 Å². The van der Waals surface area contributed by atoms with E-state index in [-0.39, 0.29) is 25.0 Å². The van der Waals surface area contributed by atoms with Crippen LogP contribution in [-0.4, -0.2) is 57.5 Å². The van der Waals surface area contributed by atoms with Gasteiger partial charge in [0.2, 0.25) is 0 Å². The van der Waals surface area contributed by atoms with Crippen LogP contribution < -0.4 is 0 Å². The molecular weight excluding hydrogens is 262 g/mol. The molecule has 1 fully saturated rings. The molecule has 2 heterocycles. The molecule has 1 saturated heterocycles. The zero-order valence-corrected chi connectivity index (χ0v) is 11.9. The molecule has 110 valence electrons. The Hall–Kier alpha value is -1.89. The van der Waals surface area contributed by atoms with E-state index in [1.807, 2.05) is 13.8 Å². The zero-order valence-electron chi connectivity index (χ0n) is 11.9. The number of aliphatic carboxylic acids is 1. The third-order valence-electron chi connectivity index (χ3n) is 3.34. The van der Waals surface area contributed by atoms with Gasteiger partial charge in [-0.25, -0.2) is 4.79 Å². The van der Waals surface area contributed by atoms with Crippen LogP contribution in [0.3, 0.4) is 0 Å². The number of carboxylic acids is 1. The number of carbonyl (C=O) groups excluding carboxylic acids is 1. The summed E-state index contributed by atoms with van der Waals surface area (Å²) in [6.07, 6.45) is -0.953. The lowest BCUT2D eigenvalue weighted by Crippen LogP contribution is -2.48. The van der Waals surface area contributed by atoms with Gasteiger partial charge in [-0.1, -0.05) is 13.8 Å². The van der Waals surface area contributed by atoms with Crippen LogP contribution in [-0.2, 0) is 16.6 Å². The van der Waals surface area contributed by atoms with Crippen LogP contribution in [0.15, 0.2) is 6.07 Å². The van der Waals surface area contributed by atoms with Crippen molar-refractivity contribution in [3.05, 3.63) is 17.5 Å². The van der Waals surface area contributed by atoms with Gasteiger partial charge in [0.25, 0.3) is 5.91 Å². The van der Waals surface area contributed by atoms with Gasteiger partial charge in [0, 0.05) is 13.6 Å². The third kappa shape index (κ3) is 2.82. The molecule has 1 amide bonds. The number of hydrogen-bond donors (Lipinski definition) is 1. The highest BCUT2D eigenvalue weighted by atomic mass is 16.5. The fourth-order valence-corrected chi connectivity index (χ4v) is 2.12. The number of nitrogens with zero attached hydrogens (tertiary/aromatic N) is 3. The minimum absolute atomic E-state index is 0.0658. The van der Waals surface area contributed by atoms with Crippen molar-refractivity contribution in [1.82, 2.24) is 14.7 Å². The summed E-state index contributed by atoms with van der Waals surface area (Å²) in [5.41, 5.74) is 1.32. The molecule has 0 radical (unpaired) electrons. The van der Waals surface area contributed by atoms with Gasteiger partial charge in [-0.05, 0) is 12.0 Å². The molecule has 2 rings (SSSR count). The second-order valence-electron chi connectivity index (χ2n) is 5.18. The Balaban J connectivity index is 2.16. The Bertz CT molecular complexity index is 524. The quantitative estimate of drug-likeness (QED) is 0.870. The lowest BCUT2D eigenvalue weighted by Gasteiger charge is -2.30. The highest BCUT2D eigenvalue weighted by molar-refractivity contribution is 5.93. The molecule has 1 aliphatic heterocycles. The topological polar surface area (TPSA) is 84.7 Å². The van der Waals surface area contributed by atoms with E-state index in [2.05, 4.69) is 5.10 Å². The third-order valence-corrected chi connectivity index (χ3v) is 3.34. The first-order chi connectivity index (χ1) is 9.40. The normalized spacial score (nSPS) is 19.4. The van der Waals surface area contributed by atoms with Crippen LogP contribution in [0.4, 0.5) is 0 Å². The molecule has 1 aliphatic rings. The summed E-state index contributed by atoms with van der Waals surface area (Å²) < 4.78 is 6.66. The second-order valence-corrected chi connectivity index (χ2v) is 5.18. The summed E-state index contributed by atoms with van der Waals surface area (Å²) in [7, 11) is 1.72. The van der Waals surface area contributed by atoms with Crippen molar-refractivity contribution in [3.63, 3.8) is 0 Å². The maximum absolute atomic E-state index is 12.4. The molecular formula is C13H19N3O4. The monoisotopic (exact) mass is 281 g/mol. The molecule has 7 heteroatoms. The maximum atomic E-state index is 12.4. The summed E-state index contributed by atoms with van der Waals surface area (Å²) in [6.45, 7) is 4.70. The van der Waals surface area contributed by atoms with Crippen LogP contribution in [0.1, 0.15) is 35.9 Å². The number of morpholine rings is 1.